The first-order valence-electron chi connectivity index (χ1n) is 9.00. The van der Waals surface area contributed by atoms with Crippen LogP contribution in [0.2, 0.25) is 0 Å². The zero-order valence-electron chi connectivity index (χ0n) is 15.6. The minimum atomic E-state index is -4.65. The predicted molar refractivity (Wildman–Crippen MR) is 101 cm³/mol. The molecule has 2 aromatic rings. The molecule has 0 radical (unpaired) electrons. The topological polar surface area (TPSA) is 101 Å². The second kappa shape index (κ2) is 7.44. The van der Waals surface area contributed by atoms with Gasteiger partial charge in [0, 0.05) is 23.7 Å². The summed E-state index contributed by atoms with van der Waals surface area (Å²) in [5.74, 6) is -1.34. The van der Waals surface area contributed by atoms with Gasteiger partial charge in [-0.05, 0) is 30.9 Å². The maximum atomic E-state index is 12.9. The number of aliphatic imine (C=N–C) groups is 2. The summed E-state index contributed by atoms with van der Waals surface area (Å²) in [5.41, 5.74) is 4.09. The molecular weight excluding hydrogens is 448 g/mol. The first-order chi connectivity index (χ1) is 14.4. The highest BCUT2D eigenvalue weighted by molar-refractivity contribution is 7.11. The van der Waals surface area contributed by atoms with Crippen molar-refractivity contribution in [1.82, 2.24) is 15.3 Å². The Hall–Kier alpha value is -2.74. The molecule has 1 aliphatic carbocycles. The summed E-state index contributed by atoms with van der Waals surface area (Å²) in [6.45, 7) is 0. The highest BCUT2D eigenvalue weighted by Crippen LogP contribution is 2.38. The quantitative estimate of drug-likeness (QED) is 0.599. The van der Waals surface area contributed by atoms with E-state index < -0.39 is 29.5 Å². The summed E-state index contributed by atoms with van der Waals surface area (Å²) in [5, 5.41) is 6.12. The van der Waals surface area contributed by atoms with Gasteiger partial charge in [-0.1, -0.05) is 0 Å². The van der Waals surface area contributed by atoms with Crippen LogP contribution in [-0.4, -0.2) is 27.5 Å². The van der Waals surface area contributed by atoms with Crippen LogP contribution in [0.25, 0.3) is 0 Å². The summed E-state index contributed by atoms with van der Waals surface area (Å²) in [6, 6.07) is 2.06. The molecule has 1 atom stereocenters. The Balaban J connectivity index is 1.63. The smallest absolute Gasteiger partial charge is 0.326 e. The molecule has 0 aromatic carbocycles. The molecule has 4 N–H and O–H groups in total. The maximum absolute atomic E-state index is 12.9. The van der Waals surface area contributed by atoms with Crippen LogP contribution < -0.4 is 16.4 Å². The van der Waals surface area contributed by atoms with Crippen LogP contribution in [-0.2, 0) is 12.4 Å². The molecule has 0 bridgehead atoms. The van der Waals surface area contributed by atoms with Crippen molar-refractivity contribution in [3.8, 4) is 0 Å². The molecule has 0 spiro atoms. The van der Waals surface area contributed by atoms with Crippen LogP contribution in [0.5, 0.6) is 0 Å². The van der Waals surface area contributed by atoms with Gasteiger partial charge in [0.05, 0.1) is 0 Å². The number of hydrogen-bond acceptors (Lipinski definition) is 8. The monoisotopic (exact) mass is 463 g/mol. The average molecular weight is 463 g/mol. The van der Waals surface area contributed by atoms with E-state index in [1.807, 2.05) is 0 Å². The molecule has 1 fully saturated rings. The number of amidine groups is 1. The number of nitrogens with two attached hydrogens (primary N) is 1. The number of pyridine rings is 1. The summed E-state index contributed by atoms with van der Waals surface area (Å²) in [4.78, 5) is 15.3. The van der Waals surface area contributed by atoms with Crippen molar-refractivity contribution in [2.75, 3.05) is 5.32 Å². The van der Waals surface area contributed by atoms with E-state index in [4.69, 9.17) is 5.73 Å². The zero-order chi connectivity index (χ0) is 22.4. The summed E-state index contributed by atoms with van der Waals surface area (Å²) < 4.78 is 77.6. The lowest BCUT2D eigenvalue weighted by atomic mass is 10.1. The molecule has 3 heterocycles. The van der Waals surface area contributed by atoms with Crippen LogP contribution in [0.3, 0.4) is 0 Å². The van der Waals surface area contributed by atoms with E-state index in [9.17, 15) is 26.3 Å². The minimum Gasteiger partial charge on any atom is -0.326 e. The fourth-order valence-corrected chi connectivity index (χ4v) is 3.66. The second-order valence-electron chi connectivity index (χ2n) is 7.16. The van der Waals surface area contributed by atoms with E-state index in [0.29, 0.717) is 17.8 Å². The van der Waals surface area contributed by atoms with Crippen LogP contribution in [0.15, 0.2) is 33.7 Å². The average Bonchev–Trinajstić information content (AvgIpc) is 3.29. The summed E-state index contributed by atoms with van der Waals surface area (Å²) in [6.07, 6.45) is -6.12. The fraction of sp³-hybridized carbons (Fsp3) is 0.412. The normalized spacial score (nSPS) is 21.9. The van der Waals surface area contributed by atoms with Crippen LogP contribution in [0.4, 0.5) is 32.0 Å². The molecule has 14 heteroatoms. The molecule has 1 aliphatic heterocycles. The standard InChI is InChI=1S/C17H15F6N7S/c18-16(19,20)10-5-9(3-4-25-10)26-14-28-12(13-27-11(7-31-13)17(21,22)23)29-15(24,30-14)6-8-1-2-8/h3-5,7-8H,1-2,6,24H2,(H2,25,26,28,29,30). The number of guanidine groups is 1. The van der Waals surface area contributed by atoms with Gasteiger partial charge < -0.3 is 10.6 Å². The molecule has 1 saturated carbocycles. The summed E-state index contributed by atoms with van der Waals surface area (Å²) in [7, 11) is 0. The molecule has 2 aliphatic rings. The molecule has 2 aromatic heterocycles. The van der Waals surface area contributed by atoms with Gasteiger partial charge in [-0.25, -0.2) is 15.0 Å². The second-order valence-corrected chi connectivity index (χ2v) is 8.02. The van der Waals surface area contributed by atoms with Gasteiger partial charge in [0.15, 0.2) is 16.5 Å². The van der Waals surface area contributed by atoms with Crippen LogP contribution >= 0.6 is 11.3 Å². The lowest BCUT2D eigenvalue weighted by molar-refractivity contribution is -0.141. The van der Waals surface area contributed by atoms with Gasteiger partial charge in [-0.2, -0.15) is 26.3 Å². The molecule has 31 heavy (non-hydrogen) atoms. The van der Waals surface area contributed by atoms with Gasteiger partial charge in [0.2, 0.25) is 11.7 Å². The van der Waals surface area contributed by atoms with Gasteiger partial charge in [0.1, 0.15) is 5.69 Å². The van der Waals surface area contributed by atoms with Gasteiger partial charge in [-0.15, -0.1) is 11.3 Å². The summed E-state index contributed by atoms with van der Waals surface area (Å²) >= 11 is 0.711. The number of nitrogens with zero attached hydrogens (tertiary/aromatic N) is 4. The first kappa shape index (κ1) is 21.5. The third-order valence-corrected chi connectivity index (χ3v) is 5.29. The van der Waals surface area contributed by atoms with Crippen molar-refractivity contribution in [2.24, 2.45) is 21.6 Å². The van der Waals surface area contributed by atoms with Crippen molar-refractivity contribution >= 4 is 28.8 Å². The predicted octanol–water partition coefficient (Wildman–Crippen LogP) is 3.81. The Labute approximate surface area is 175 Å². The Bertz CT molecular complexity index is 1040. The largest absolute Gasteiger partial charge is 0.434 e. The van der Waals surface area contributed by atoms with Crippen molar-refractivity contribution in [2.45, 2.75) is 37.4 Å². The molecule has 4 rings (SSSR count). The Kier molecular flexibility index (Phi) is 5.16. The van der Waals surface area contributed by atoms with Crippen LogP contribution in [0, 0.1) is 5.92 Å². The van der Waals surface area contributed by atoms with Crippen molar-refractivity contribution in [1.29, 1.82) is 0 Å². The number of anilines is 1. The Morgan fingerprint density at radius 1 is 1.13 bits per heavy atom. The molecule has 166 valence electrons. The number of halogens is 6. The van der Waals surface area contributed by atoms with E-state index in [-0.39, 0.29) is 28.4 Å². The van der Waals surface area contributed by atoms with E-state index in [1.165, 1.54) is 6.07 Å². The minimum absolute atomic E-state index is 0.0127. The number of rotatable bonds is 4. The molecule has 0 saturated heterocycles. The van der Waals surface area contributed by atoms with Gasteiger partial charge in [0.25, 0.3) is 0 Å². The number of nitrogens with one attached hydrogen (secondary N) is 2. The van der Waals surface area contributed by atoms with E-state index in [2.05, 4.69) is 30.6 Å². The number of aromatic nitrogens is 2. The van der Waals surface area contributed by atoms with Crippen molar-refractivity contribution in [3.05, 3.63) is 40.1 Å². The molecular formula is C17H15F6N7S. The van der Waals surface area contributed by atoms with Gasteiger partial charge in [-0.3, -0.25) is 10.7 Å². The Morgan fingerprint density at radius 3 is 2.45 bits per heavy atom. The van der Waals surface area contributed by atoms with Crippen molar-refractivity contribution < 1.29 is 26.3 Å². The number of thiazole rings is 1. The van der Waals surface area contributed by atoms with Crippen molar-refractivity contribution in [3.63, 3.8) is 0 Å². The molecule has 0 amide bonds. The molecule has 7 nitrogen and oxygen atoms in total. The van der Waals surface area contributed by atoms with Gasteiger partial charge >= 0.3 is 12.4 Å². The Morgan fingerprint density at radius 2 is 1.84 bits per heavy atom. The number of alkyl halides is 6. The lowest BCUT2D eigenvalue weighted by Gasteiger charge is -2.28. The van der Waals surface area contributed by atoms with E-state index in [0.717, 1.165) is 30.5 Å². The molecule has 1 unspecified atom stereocenters. The highest BCUT2D eigenvalue weighted by Gasteiger charge is 2.39. The third-order valence-electron chi connectivity index (χ3n) is 4.44. The van der Waals surface area contributed by atoms with Crippen LogP contribution in [0.1, 0.15) is 35.7 Å². The first-order valence-corrected chi connectivity index (χ1v) is 9.88. The third kappa shape index (κ3) is 5.12. The maximum Gasteiger partial charge on any atom is 0.434 e. The SMILES string of the molecule is NC1(CC2CC2)N=C(Nc2ccnc(C(F)(F)F)c2)NC(c2nc(C(F)(F)F)cs2)=N1. The highest BCUT2D eigenvalue weighted by atomic mass is 32.1. The number of hydrogen-bond donors (Lipinski definition) is 3. The van der Waals surface area contributed by atoms with E-state index in [1.54, 1.807) is 0 Å². The zero-order valence-corrected chi connectivity index (χ0v) is 16.4. The van der Waals surface area contributed by atoms with E-state index >= 15 is 0 Å². The fourth-order valence-electron chi connectivity index (χ4n) is 2.89. The lowest BCUT2D eigenvalue weighted by Crippen LogP contribution is -2.50.